The molecule has 0 radical (unpaired) electrons. The van der Waals surface area contributed by atoms with Crippen LogP contribution in [0.1, 0.15) is 0 Å². The van der Waals surface area contributed by atoms with Gasteiger partial charge in [0, 0.05) is 0 Å². The molecule has 0 amide bonds. The van der Waals surface area contributed by atoms with Crippen molar-refractivity contribution >= 4 is 73.6 Å². The van der Waals surface area contributed by atoms with E-state index in [1.807, 2.05) is 0 Å². The first kappa shape index (κ1) is 12.9. The standard InChI is InChI=1S/H11P9/c1-7(2)6-9(5)8(3)4/h6H,1-5H2. The molecule has 9 heavy (non-hydrogen) atoms. The van der Waals surface area contributed by atoms with Crippen LogP contribution in [0.4, 0.5) is 0 Å². The van der Waals surface area contributed by atoms with Crippen molar-refractivity contribution in [3.05, 3.63) is 0 Å². The van der Waals surface area contributed by atoms with Crippen LogP contribution in [-0.4, -0.2) is 0 Å². The third kappa shape index (κ3) is 8.21. The molecule has 0 aliphatic heterocycles. The van der Waals surface area contributed by atoms with E-state index in [2.05, 4.69) is 44.6 Å². The Kier molecular flexibility index (Phi) is 10.4. The van der Waals surface area contributed by atoms with E-state index in [-0.39, 0.29) is 21.0 Å². The van der Waals surface area contributed by atoms with Crippen molar-refractivity contribution in [2.24, 2.45) is 0 Å². The van der Waals surface area contributed by atoms with Gasteiger partial charge in [-0.1, -0.05) is 7.96 Å². The summed E-state index contributed by atoms with van der Waals surface area (Å²) >= 11 is 0. The van der Waals surface area contributed by atoms with Gasteiger partial charge in [0.25, 0.3) is 0 Å². The van der Waals surface area contributed by atoms with Gasteiger partial charge >= 0.3 is 0 Å². The molecule has 0 rings (SSSR count). The summed E-state index contributed by atoms with van der Waals surface area (Å²) in [5.74, 6) is 0. The molecular weight excluding hydrogens is 279 g/mol. The van der Waals surface area contributed by atoms with Crippen molar-refractivity contribution in [3.63, 3.8) is 0 Å². The van der Waals surface area contributed by atoms with E-state index in [0.29, 0.717) is 0 Å². The van der Waals surface area contributed by atoms with Crippen LogP contribution in [0.5, 0.6) is 0 Å². The largest absolute Gasteiger partial charge is 0.103 e. The van der Waals surface area contributed by atoms with E-state index in [4.69, 9.17) is 0 Å². The number of hydrogen-bond acceptors (Lipinski definition) is 0. The molecule has 0 fully saturated rings. The maximum Gasteiger partial charge on any atom is -0.0275 e. The van der Waals surface area contributed by atoms with E-state index < -0.39 is 0 Å². The van der Waals surface area contributed by atoms with Crippen LogP contribution in [0.15, 0.2) is 0 Å². The Balaban J connectivity index is 3.38. The Morgan fingerprint density at radius 1 is 0.889 bits per heavy atom. The minimum absolute atomic E-state index is 0.169. The molecule has 0 N–H and O–H groups in total. The summed E-state index contributed by atoms with van der Waals surface area (Å²) in [5, 5.41) is 0. The van der Waals surface area contributed by atoms with E-state index in [9.17, 15) is 0 Å². The van der Waals surface area contributed by atoms with Gasteiger partial charge in [0.05, 0.1) is 0 Å². The maximum atomic E-state index is 2.97. The second-order valence-electron chi connectivity index (χ2n) is 1.23. The van der Waals surface area contributed by atoms with Gasteiger partial charge < -0.3 is 0 Å². The molecule has 7 unspecified atom stereocenters. The third-order valence-electron chi connectivity index (χ3n) is 0.467. The fourth-order valence-corrected chi connectivity index (χ4v) is 41.3. The highest BCUT2D eigenvalue weighted by Gasteiger charge is 2.07. The normalized spacial score (nSPS) is 16.3. The molecule has 0 aliphatic carbocycles. The van der Waals surface area contributed by atoms with E-state index in [1.54, 1.807) is 0 Å². The lowest BCUT2D eigenvalue weighted by Gasteiger charge is -2.17. The SMILES string of the molecule is PP(P)PP(P)P(P)P. The van der Waals surface area contributed by atoms with Gasteiger partial charge in [-0.05, 0) is 21.0 Å². The first-order valence-corrected chi connectivity index (χ1v) is 17.4. The average Bonchev–Trinajstić information content (AvgIpc) is 1.63. The van der Waals surface area contributed by atoms with Crippen molar-refractivity contribution < 1.29 is 0 Å². The Morgan fingerprint density at radius 3 is 1.44 bits per heavy atom. The molecule has 0 nitrogen and oxygen atoms in total. The highest BCUT2D eigenvalue weighted by molar-refractivity contribution is 9.04. The lowest BCUT2D eigenvalue weighted by atomic mass is 28.9. The zero-order valence-corrected chi connectivity index (χ0v) is 14.2. The Hall–Kier alpha value is 3.87. The second-order valence-corrected chi connectivity index (χ2v) is 33.3. The molecule has 0 aromatic heterocycles. The fourth-order valence-electron chi connectivity index (χ4n) is 0.170. The molecule has 0 spiro atoms. The first-order chi connectivity index (χ1) is 4.04. The molecule has 0 bridgehead atoms. The average molecular weight is 290 g/mol. The monoisotopic (exact) mass is 290 g/mol. The zero-order chi connectivity index (χ0) is 7.44. The molecule has 56 valence electrons. The second kappa shape index (κ2) is 7.29. The zero-order valence-electron chi connectivity index (χ0n) is 4.73. The smallest absolute Gasteiger partial charge is 0.0275 e. The summed E-state index contributed by atoms with van der Waals surface area (Å²) in [6.45, 7) is 0.598. The van der Waals surface area contributed by atoms with Crippen LogP contribution in [-0.2, 0) is 0 Å². The van der Waals surface area contributed by atoms with Crippen LogP contribution in [0.2, 0.25) is 0 Å². The lowest BCUT2D eigenvalue weighted by Crippen LogP contribution is -1.25. The Bertz CT molecular complexity index is 62.4. The Labute approximate surface area is 73.6 Å². The van der Waals surface area contributed by atoms with Crippen LogP contribution in [0, 0.1) is 0 Å². The van der Waals surface area contributed by atoms with Gasteiger partial charge in [-0.2, -0.15) is 0 Å². The van der Waals surface area contributed by atoms with Crippen molar-refractivity contribution in [2.45, 2.75) is 0 Å². The minimum Gasteiger partial charge on any atom is -0.103 e. The predicted molar refractivity (Wildman–Crippen MR) is 77.6 cm³/mol. The number of rotatable bonds is 3. The lowest BCUT2D eigenvalue weighted by molar-refractivity contribution is 4.80. The summed E-state index contributed by atoms with van der Waals surface area (Å²) in [5.41, 5.74) is 0. The van der Waals surface area contributed by atoms with Crippen molar-refractivity contribution in [1.29, 1.82) is 0 Å². The third-order valence-corrected chi connectivity index (χ3v) is 37.8. The highest BCUT2D eigenvalue weighted by atomic mass is 33.1. The van der Waals surface area contributed by atoms with Gasteiger partial charge in [-0.25, -0.2) is 0 Å². The van der Waals surface area contributed by atoms with Gasteiger partial charge in [0.2, 0.25) is 0 Å². The molecule has 0 aliphatic rings. The molecular formula is H11P9. The van der Waals surface area contributed by atoms with Gasteiger partial charge in [0.15, 0.2) is 0 Å². The van der Waals surface area contributed by atoms with Crippen molar-refractivity contribution in [2.75, 3.05) is 0 Å². The molecule has 9 heteroatoms. The summed E-state index contributed by atoms with van der Waals surface area (Å²) < 4.78 is 0. The maximum absolute atomic E-state index is 2.97. The summed E-state index contributed by atoms with van der Waals surface area (Å²) in [6, 6.07) is 0. The van der Waals surface area contributed by atoms with Crippen LogP contribution in [0.25, 0.3) is 0 Å². The van der Waals surface area contributed by atoms with Crippen LogP contribution < -0.4 is 0 Å². The topological polar surface area (TPSA) is 0 Å². The predicted octanol–water partition coefficient (Wildman–Crippen LogP) is 4.81. The van der Waals surface area contributed by atoms with E-state index >= 15 is 0 Å². The summed E-state index contributed by atoms with van der Waals surface area (Å²) in [6.07, 6.45) is 0. The van der Waals surface area contributed by atoms with Crippen LogP contribution >= 0.6 is 73.6 Å². The minimum atomic E-state index is 0.169. The molecule has 0 saturated heterocycles. The van der Waals surface area contributed by atoms with Crippen LogP contribution in [0.3, 0.4) is 0 Å². The highest BCUT2D eigenvalue weighted by Crippen LogP contribution is 2.98. The molecule has 0 saturated carbocycles. The van der Waals surface area contributed by atoms with Crippen molar-refractivity contribution in [3.8, 4) is 0 Å². The number of hydrogen-bond donors (Lipinski definition) is 0. The summed E-state index contributed by atoms with van der Waals surface area (Å²) in [7, 11) is 15.7. The quantitative estimate of drug-likeness (QED) is 0.654. The Morgan fingerprint density at radius 2 is 1.33 bits per heavy atom. The fraction of sp³-hybridized carbons (Fsp3) is 0. The first-order valence-electron chi connectivity index (χ1n) is 1.94. The van der Waals surface area contributed by atoms with Gasteiger partial charge in [-0.3, -0.25) is 0 Å². The van der Waals surface area contributed by atoms with Crippen molar-refractivity contribution in [1.82, 2.24) is 0 Å². The molecule has 0 aromatic carbocycles. The van der Waals surface area contributed by atoms with E-state index in [1.165, 1.54) is 0 Å². The molecule has 0 aromatic rings. The van der Waals surface area contributed by atoms with Gasteiger partial charge in [-0.15, -0.1) is 44.6 Å². The molecule has 7 atom stereocenters. The molecule has 0 heterocycles. The van der Waals surface area contributed by atoms with Gasteiger partial charge in [0.1, 0.15) is 0 Å². The summed E-state index contributed by atoms with van der Waals surface area (Å²) in [4.78, 5) is 0. The van der Waals surface area contributed by atoms with E-state index in [0.717, 1.165) is 7.96 Å².